The Bertz CT molecular complexity index is 1400. The smallest absolute Gasteiger partial charge is 0.232 e. The quantitative estimate of drug-likeness (QED) is 0.399. The first-order chi connectivity index (χ1) is 16.7. The van der Waals surface area contributed by atoms with E-state index in [2.05, 4.69) is 9.71 Å². The Labute approximate surface area is 204 Å². The van der Waals surface area contributed by atoms with E-state index in [4.69, 9.17) is 14.2 Å². The topological polar surface area (TPSA) is 86.8 Å². The average Bonchev–Trinajstić information content (AvgIpc) is 2.84. The fourth-order valence-electron chi connectivity index (χ4n) is 3.86. The lowest BCUT2D eigenvalue weighted by Gasteiger charge is -2.26. The van der Waals surface area contributed by atoms with Crippen molar-refractivity contribution in [3.63, 3.8) is 0 Å². The number of hydrogen-bond acceptors (Lipinski definition) is 6. The summed E-state index contributed by atoms with van der Waals surface area (Å²) in [5.41, 5.74) is 0.499. The molecule has 1 atom stereocenters. The van der Waals surface area contributed by atoms with Crippen LogP contribution in [0.2, 0.25) is 0 Å². The second-order valence-electron chi connectivity index (χ2n) is 8.60. The number of hydrogen-bond donors (Lipinski definition) is 1. The number of rotatable bonds is 9. The molecular formula is C26H27FN2O5S. The number of nitrogens with one attached hydrogen (secondary N) is 1. The zero-order valence-corrected chi connectivity index (χ0v) is 20.6. The predicted octanol–water partition coefficient (Wildman–Crippen LogP) is 5.84. The van der Waals surface area contributed by atoms with Gasteiger partial charge in [-0.25, -0.2) is 12.8 Å². The molecule has 9 heteroatoms. The molecule has 4 rings (SSSR count). The summed E-state index contributed by atoms with van der Waals surface area (Å²) < 4.78 is 59.0. The van der Waals surface area contributed by atoms with Crippen LogP contribution in [0.1, 0.15) is 19.8 Å². The number of benzene rings is 2. The fraction of sp³-hybridized carbons (Fsp3) is 0.269. The third-order valence-corrected chi connectivity index (χ3v) is 7.19. The van der Waals surface area contributed by atoms with E-state index in [1.165, 1.54) is 26.4 Å². The average molecular weight is 499 g/mol. The molecule has 184 valence electrons. The van der Waals surface area contributed by atoms with E-state index in [-0.39, 0.29) is 22.6 Å². The molecule has 2 aromatic carbocycles. The van der Waals surface area contributed by atoms with Gasteiger partial charge in [0.25, 0.3) is 0 Å². The summed E-state index contributed by atoms with van der Waals surface area (Å²) in [6, 6.07) is 8.97. The third-order valence-electron chi connectivity index (χ3n) is 5.90. The summed E-state index contributed by atoms with van der Waals surface area (Å²) in [7, 11) is -0.608. The molecule has 0 spiro atoms. The molecule has 7 nitrogen and oxygen atoms in total. The van der Waals surface area contributed by atoms with Gasteiger partial charge in [-0.1, -0.05) is 31.2 Å². The van der Waals surface area contributed by atoms with Crippen LogP contribution >= 0.6 is 0 Å². The van der Waals surface area contributed by atoms with E-state index in [0.29, 0.717) is 34.6 Å². The predicted molar refractivity (Wildman–Crippen MR) is 134 cm³/mol. The molecule has 1 N–H and O–H groups in total. The van der Waals surface area contributed by atoms with Crippen LogP contribution < -0.4 is 18.9 Å². The number of nitrogens with zero attached hydrogens (tertiary/aromatic N) is 1. The third kappa shape index (κ3) is 5.74. The lowest BCUT2D eigenvalue weighted by atomic mass is 9.81. The summed E-state index contributed by atoms with van der Waals surface area (Å²) in [5, 5.41) is 0.606. The van der Waals surface area contributed by atoms with E-state index in [0.717, 1.165) is 12.5 Å². The Morgan fingerprint density at radius 2 is 1.80 bits per heavy atom. The summed E-state index contributed by atoms with van der Waals surface area (Å²) in [5.74, 6) is 0.528. The van der Waals surface area contributed by atoms with Crippen LogP contribution in [0.3, 0.4) is 0 Å². The molecule has 1 aromatic heterocycles. The van der Waals surface area contributed by atoms with Gasteiger partial charge in [-0.15, -0.1) is 0 Å². The molecule has 35 heavy (non-hydrogen) atoms. The Hall–Kier alpha value is -3.59. The number of halogens is 1. The molecule has 0 bridgehead atoms. The lowest BCUT2D eigenvalue weighted by Crippen LogP contribution is -2.23. The van der Waals surface area contributed by atoms with Gasteiger partial charge >= 0.3 is 0 Å². The maximum atomic E-state index is 14.9. The van der Waals surface area contributed by atoms with Crippen LogP contribution in [0.15, 0.2) is 66.9 Å². The summed E-state index contributed by atoms with van der Waals surface area (Å²) in [6.07, 6.45) is 10.7. The van der Waals surface area contributed by atoms with Crippen molar-refractivity contribution in [1.29, 1.82) is 0 Å². The molecular weight excluding hydrogens is 471 g/mol. The molecule has 0 amide bonds. The van der Waals surface area contributed by atoms with Crippen molar-refractivity contribution in [2.45, 2.75) is 19.8 Å². The molecule has 1 unspecified atom stereocenters. The number of allylic oxidation sites excluding steroid dienone is 4. The second-order valence-corrected chi connectivity index (χ2v) is 10.4. The van der Waals surface area contributed by atoms with E-state index < -0.39 is 15.8 Å². The normalized spacial score (nSPS) is 17.4. The largest absolute Gasteiger partial charge is 0.493 e. The van der Waals surface area contributed by atoms with Crippen LogP contribution in [-0.2, 0) is 10.0 Å². The number of fused-ring (bicyclic) bond motifs is 1. The van der Waals surface area contributed by atoms with Gasteiger partial charge < -0.3 is 14.2 Å². The van der Waals surface area contributed by atoms with Crippen LogP contribution in [0, 0.1) is 11.2 Å². The summed E-state index contributed by atoms with van der Waals surface area (Å²) in [6.45, 7) is 2.02. The Kier molecular flexibility index (Phi) is 6.98. The lowest BCUT2D eigenvalue weighted by molar-refractivity contribution is 0.355. The van der Waals surface area contributed by atoms with Crippen molar-refractivity contribution >= 4 is 26.6 Å². The fourth-order valence-corrected chi connectivity index (χ4v) is 5.18. The van der Waals surface area contributed by atoms with Crippen LogP contribution in [0.25, 0.3) is 10.9 Å². The zero-order valence-electron chi connectivity index (χ0n) is 19.7. The number of anilines is 1. The number of ether oxygens (including phenoxy) is 3. The Balaban J connectivity index is 1.50. The number of aromatic nitrogens is 1. The molecule has 0 fully saturated rings. The van der Waals surface area contributed by atoms with Gasteiger partial charge in [0.15, 0.2) is 23.1 Å². The SMILES string of the molecule is COc1cc2nccc(Oc3ccc(NS(=O)(=O)CCC4(C)C=CC=CC4)cc3F)c2cc1OC. The minimum absolute atomic E-state index is 0.0538. The van der Waals surface area contributed by atoms with Crippen molar-refractivity contribution in [2.75, 3.05) is 24.7 Å². The highest BCUT2D eigenvalue weighted by Gasteiger charge is 2.24. The van der Waals surface area contributed by atoms with Gasteiger partial charge in [0.1, 0.15) is 5.75 Å². The van der Waals surface area contributed by atoms with Crippen LogP contribution in [0.4, 0.5) is 10.1 Å². The highest BCUT2D eigenvalue weighted by molar-refractivity contribution is 7.92. The molecule has 1 heterocycles. The Morgan fingerprint density at radius 1 is 1.03 bits per heavy atom. The molecule has 0 radical (unpaired) electrons. The van der Waals surface area contributed by atoms with Gasteiger partial charge in [0, 0.05) is 23.7 Å². The summed E-state index contributed by atoms with van der Waals surface area (Å²) in [4.78, 5) is 4.31. The first kappa shape index (κ1) is 24.5. The molecule has 1 aliphatic rings. The molecule has 0 aliphatic heterocycles. The van der Waals surface area contributed by atoms with E-state index >= 15 is 0 Å². The van der Waals surface area contributed by atoms with Crippen molar-refractivity contribution in [2.24, 2.45) is 5.41 Å². The van der Waals surface area contributed by atoms with Gasteiger partial charge in [-0.05, 0) is 42.5 Å². The zero-order chi connectivity index (χ0) is 25.1. The first-order valence-corrected chi connectivity index (χ1v) is 12.7. The summed E-state index contributed by atoms with van der Waals surface area (Å²) >= 11 is 0. The number of sulfonamides is 1. The van der Waals surface area contributed by atoms with E-state index in [9.17, 15) is 12.8 Å². The van der Waals surface area contributed by atoms with Gasteiger partial charge in [0.05, 0.1) is 31.2 Å². The highest BCUT2D eigenvalue weighted by atomic mass is 32.2. The molecule has 0 saturated carbocycles. The maximum Gasteiger partial charge on any atom is 0.232 e. The highest BCUT2D eigenvalue weighted by Crippen LogP contribution is 2.38. The minimum atomic E-state index is -3.65. The van der Waals surface area contributed by atoms with E-state index in [1.807, 2.05) is 31.2 Å². The Morgan fingerprint density at radius 3 is 2.49 bits per heavy atom. The minimum Gasteiger partial charge on any atom is -0.493 e. The molecule has 0 saturated heterocycles. The van der Waals surface area contributed by atoms with Crippen molar-refractivity contribution in [3.05, 3.63) is 72.7 Å². The number of pyridine rings is 1. The van der Waals surface area contributed by atoms with E-state index in [1.54, 1.807) is 24.4 Å². The standard InChI is InChI=1S/C26H27FN2O5S/c1-26(10-5-4-6-11-26)12-14-35(30,31)29-18-7-8-23(20(27)15-18)34-22-9-13-28-21-17-25(33-3)24(32-2)16-19(21)22/h4-10,13,15-17,29H,11-12,14H2,1-3H3. The molecule has 3 aromatic rings. The van der Waals surface area contributed by atoms with Gasteiger partial charge in [-0.2, -0.15) is 0 Å². The number of methoxy groups -OCH3 is 2. The van der Waals surface area contributed by atoms with Crippen LogP contribution in [-0.4, -0.2) is 33.4 Å². The monoisotopic (exact) mass is 498 g/mol. The second kappa shape index (κ2) is 9.95. The first-order valence-electron chi connectivity index (χ1n) is 11.0. The maximum absolute atomic E-state index is 14.9. The van der Waals surface area contributed by atoms with Crippen molar-refractivity contribution < 1.29 is 27.0 Å². The van der Waals surface area contributed by atoms with Gasteiger partial charge in [-0.3, -0.25) is 9.71 Å². The molecule has 1 aliphatic carbocycles. The van der Waals surface area contributed by atoms with Gasteiger partial charge in [0.2, 0.25) is 10.0 Å². The van der Waals surface area contributed by atoms with Crippen LogP contribution in [0.5, 0.6) is 23.0 Å². The van der Waals surface area contributed by atoms with Crippen molar-refractivity contribution in [3.8, 4) is 23.0 Å². The van der Waals surface area contributed by atoms with Crippen molar-refractivity contribution in [1.82, 2.24) is 4.98 Å².